The van der Waals surface area contributed by atoms with Crippen molar-refractivity contribution in [2.45, 2.75) is 37.1 Å². The van der Waals surface area contributed by atoms with Crippen LogP contribution in [0.3, 0.4) is 0 Å². The summed E-state index contributed by atoms with van der Waals surface area (Å²) in [6, 6.07) is 11.4. The number of hydrogen-bond acceptors (Lipinski definition) is 7. The number of likely N-dealkylation sites (tertiary alicyclic amines) is 1. The normalized spacial score (nSPS) is 30.0. The van der Waals surface area contributed by atoms with Crippen molar-refractivity contribution in [3.8, 4) is 17.2 Å². The van der Waals surface area contributed by atoms with Crippen molar-refractivity contribution in [2.24, 2.45) is 5.92 Å². The van der Waals surface area contributed by atoms with Gasteiger partial charge in [0.1, 0.15) is 11.8 Å². The second-order valence-corrected chi connectivity index (χ2v) is 8.38. The maximum atomic E-state index is 13.5. The highest BCUT2D eigenvalue weighted by Crippen LogP contribution is 2.49. The number of phenols is 2. The summed E-state index contributed by atoms with van der Waals surface area (Å²) in [6.07, 6.45) is 1.94. The molecule has 3 fully saturated rings. The molecule has 0 radical (unpaired) electrons. The maximum Gasteiger partial charge on any atom is 0.242 e. The predicted octanol–water partition coefficient (Wildman–Crippen LogP) is 2.00. The summed E-state index contributed by atoms with van der Waals surface area (Å²) in [7, 11) is 1.51. The Morgan fingerprint density at radius 2 is 1.94 bits per heavy atom. The molecule has 2 aromatic rings. The molecule has 3 saturated heterocycles. The van der Waals surface area contributed by atoms with Crippen LogP contribution in [0.4, 0.5) is 0 Å². The Morgan fingerprint density at radius 3 is 2.68 bits per heavy atom. The van der Waals surface area contributed by atoms with E-state index in [1.165, 1.54) is 7.11 Å². The number of aromatic hydroxyl groups is 2. The molecule has 5 unspecified atom stereocenters. The van der Waals surface area contributed by atoms with Crippen molar-refractivity contribution >= 4 is 5.91 Å². The van der Waals surface area contributed by atoms with Crippen molar-refractivity contribution in [3.63, 3.8) is 0 Å². The van der Waals surface area contributed by atoms with E-state index in [0.29, 0.717) is 12.3 Å². The van der Waals surface area contributed by atoms with Crippen LogP contribution in [0.2, 0.25) is 0 Å². The number of phenolic OH excluding ortho intramolecular Hbond substituents is 2. The number of methoxy groups -OCH3 is 1. The number of ether oxygens (including phenoxy) is 2. The largest absolute Gasteiger partial charge is 0.508 e. The van der Waals surface area contributed by atoms with Gasteiger partial charge in [-0.15, -0.1) is 0 Å². The first kappa shape index (κ1) is 20.1. The predicted molar refractivity (Wildman–Crippen MR) is 112 cm³/mol. The minimum absolute atomic E-state index is 0.00274. The van der Waals surface area contributed by atoms with Gasteiger partial charge in [0.05, 0.1) is 25.3 Å². The maximum absolute atomic E-state index is 13.5. The van der Waals surface area contributed by atoms with Crippen LogP contribution in [0.1, 0.15) is 36.1 Å². The number of benzene rings is 2. The van der Waals surface area contributed by atoms with Crippen LogP contribution in [0, 0.1) is 5.92 Å². The first-order valence-corrected chi connectivity index (χ1v) is 10.7. The number of fused-ring (bicyclic) bond motifs is 1. The Morgan fingerprint density at radius 1 is 1.13 bits per heavy atom. The highest BCUT2D eigenvalue weighted by molar-refractivity contribution is 5.86. The van der Waals surface area contributed by atoms with Gasteiger partial charge in [-0.2, -0.15) is 0 Å². The third-order valence-electron chi connectivity index (χ3n) is 6.66. The van der Waals surface area contributed by atoms with Gasteiger partial charge in [0.15, 0.2) is 11.5 Å². The number of nitrogens with one attached hydrogen (secondary N) is 2. The molecule has 5 rings (SSSR count). The van der Waals surface area contributed by atoms with Crippen LogP contribution < -0.4 is 15.6 Å². The lowest BCUT2D eigenvalue weighted by atomic mass is 9.83. The van der Waals surface area contributed by atoms with Gasteiger partial charge < -0.3 is 24.6 Å². The Balaban J connectivity index is 1.57. The number of amides is 1. The third kappa shape index (κ3) is 3.40. The molecular formula is C23H27N3O5. The van der Waals surface area contributed by atoms with Crippen LogP contribution in [-0.2, 0) is 9.53 Å². The molecular weight excluding hydrogens is 398 g/mol. The third-order valence-corrected chi connectivity index (χ3v) is 6.66. The molecule has 31 heavy (non-hydrogen) atoms. The summed E-state index contributed by atoms with van der Waals surface area (Å²) in [5, 5.41) is 20.6. The molecule has 5 atom stereocenters. The van der Waals surface area contributed by atoms with Gasteiger partial charge >= 0.3 is 0 Å². The molecule has 0 bridgehead atoms. The molecule has 8 nitrogen and oxygen atoms in total. The van der Waals surface area contributed by atoms with Gasteiger partial charge in [0.2, 0.25) is 5.91 Å². The molecule has 0 aromatic heterocycles. The van der Waals surface area contributed by atoms with Crippen molar-refractivity contribution in [1.29, 1.82) is 0 Å². The summed E-state index contributed by atoms with van der Waals surface area (Å²) in [5.41, 5.74) is 8.01. The number of nitrogens with zero attached hydrogens (tertiary/aromatic N) is 1. The average Bonchev–Trinajstić information content (AvgIpc) is 3.49. The second kappa shape index (κ2) is 8.03. The number of para-hydroxylation sites is 1. The van der Waals surface area contributed by atoms with Crippen molar-refractivity contribution < 1.29 is 24.5 Å². The molecule has 3 heterocycles. The number of hydrazine groups is 1. The Hall–Kier alpha value is -2.81. The van der Waals surface area contributed by atoms with Crippen molar-refractivity contribution in [3.05, 3.63) is 53.6 Å². The van der Waals surface area contributed by atoms with E-state index in [9.17, 15) is 15.0 Å². The highest BCUT2D eigenvalue weighted by atomic mass is 16.5. The second-order valence-electron chi connectivity index (χ2n) is 8.38. The summed E-state index contributed by atoms with van der Waals surface area (Å²) in [6.45, 7) is 1.23. The number of carbonyl (C=O) groups excluding carboxylic acids is 1. The smallest absolute Gasteiger partial charge is 0.242 e. The van der Waals surface area contributed by atoms with Gasteiger partial charge in [0.25, 0.3) is 0 Å². The van der Waals surface area contributed by atoms with Crippen LogP contribution in [0.15, 0.2) is 42.5 Å². The molecule has 1 amide bonds. The molecule has 8 heteroatoms. The van der Waals surface area contributed by atoms with E-state index in [2.05, 4.69) is 10.9 Å². The quantitative estimate of drug-likeness (QED) is 0.581. The summed E-state index contributed by atoms with van der Waals surface area (Å²) in [4.78, 5) is 15.4. The molecule has 2 aromatic carbocycles. The van der Waals surface area contributed by atoms with Crippen LogP contribution >= 0.6 is 0 Å². The Kier molecular flexibility index (Phi) is 5.21. The Labute approximate surface area is 180 Å². The zero-order valence-corrected chi connectivity index (χ0v) is 17.3. The van der Waals surface area contributed by atoms with Crippen LogP contribution in [0.25, 0.3) is 0 Å². The number of carbonyl (C=O) groups is 1. The minimum Gasteiger partial charge on any atom is -0.508 e. The molecule has 0 aliphatic carbocycles. The highest BCUT2D eigenvalue weighted by Gasteiger charge is 2.56. The van der Waals surface area contributed by atoms with Gasteiger partial charge in [0, 0.05) is 24.6 Å². The van der Waals surface area contributed by atoms with E-state index < -0.39 is 6.04 Å². The average molecular weight is 425 g/mol. The van der Waals surface area contributed by atoms with E-state index in [-0.39, 0.29) is 41.5 Å². The summed E-state index contributed by atoms with van der Waals surface area (Å²) >= 11 is 0. The van der Waals surface area contributed by atoms with Crippen LogP contribution in [0.5, 0.6) is 17.2 Å². The fraction of sp³-hybridized carbons (Fsp3) is 0.435. The van der Waals surface area contributed by atoms with Gasteiger partial charge in [-0.1, -0.05) is 24.3 Å². The monoisotopic (exact) mass is 425 g/mol. The topological polar surface area (TPSA) is 103 Å². The fourth-order valence-electron chi connectivity index (χ4n) is 5.21. The summed E-state index contributed by atoms with van der Waals surface area (Å²) in [5.74, 6) is 0.440. The molecule has 3 aliphatic heterocycles. The summed E-state index contributed by atoms with van der Waals surface area (Å²) < 4.78 is 11.2. The van der Waals surface area contributed by atoms with Gasteiger partial charge in [-0.3, -0.25) is 4.79 Å². The molecule has 0 spiro atoms. The van der Waals surface area contributed by atoms with E-state index in [0.717, 1.165) is 30.6 Å². The first-order chi connectivity index (χ1) is 15.1. The standard InChI is InChI=1S/C23H27N3O5/c1-30-18-11-13(8-9-17(18)28)22-19-20(15-6-2-3-7-16(15)27)24-25-21(19)23(29)26(22)12-14-5-4-10-31-14/h2-3,6-9,11,14,19-22,24-25,27-28H,4-5,10,12H2,1H3. The molecule has 164 valence electrons. The van der Waals surface area contributed by atoms with Gasteiger partial charge in [-0.25, -0.2) is 10.9 Å². The molecule has 4 N–H and O–H groups in total. The zero-order valence-electron chi connectivity index (χ0n) is 17.3. The number of rotatable bonds is 5. The minimum atomic E-state index is -0.434. The van der Waals surface area contributed by atoms with Crippen LogP contribution in [-0.4, -0.2) is 53.4 Å². The lowest BCUT2D eigenvalue weighted by molar-refractivity contribution is -0.132. The molecule has 0 saturated carbocycles. The fourth-order valence-corrected chi connectivity index (χ4v) is 5.21. The lowest BCUT2D eigenvalue weighted by Crippen LogP contribution is -2.43. The SMILES string of the molecule is COc1cc(C2C3C(NNC3c3ccccc3O)C(=O)N2CC2CCCO2)ccc1O. The number of hydrogen-bond donors (Lipinski definition) is 4. The first-order valence-electron chi connectivity index (χ1n) is 10.7. The Bertz CT molecular complexity index is 977. The van der Waals surface area contributed by atoms with E-state index in [4.69, 9.17) is 9.47 Å². The zero-order chi connectivity index (χ0) is 21.5. The van der Waals surface area contributed by atoms with Crippen molar-refractivity contribution in [2.75, 3.05) is 20.3 Å². The van der Waals surface area contributed by atoms with E-state index >= 15 is 0 Å². The van der Waals surface area contributed by atoms with E-state index in [1.54, 1.807) is 24.3 Å². The van der Waals surface area contributed by atoms with Gasteiger partial charge in [-0.05, 0) is 36.6 Å². The lowest BCUT2D eigenvalue weighted by Gasteiger charge is -2.33. The van der Waals surface area contributed by atoms with Crippen molar-refractivity contribution in [1.82, 2.24) is 15.8 Å². The van der Waals surface area contributed by atoms with E-state index in [1.807, 2.05) is 23.1 Å². The molecule has 3 aliphatic rings.